The minimum Gasteiger partial charge on any atom is -0.475 e. The maximum absolute atomic E-state index is 12.2. The smallest absolute Gasteiger partial charge is 0.475 e. The van der Waals surface area contributed by atoms with Gasteiger partial charge in [-0.15, -0.1) is 0 Å². The molecule has 5 rings (SSSR count). The molecule has 0 amide bonds. The number of fused-ring (bicyclic) bond motifs is 1. The first-order chi connectivity index (χ1) is 20.2. The summed E-state index contributed by atoms with van der Waals surface area (Å²) in [6, 6.07) is 15.9. The number of hydrogen-bond acceptors (Lipinski definition) is 6. The lowest BCUT2D eigenvalue weighted by Gasteiger charge is -2.34. The van der Waals surface area contributed by atoms with E-state index in [-0.39, 0.29) is 0 Å². The highest BCUT2D eigenvalue weighted by Crippen LogP contribution is 2.42. The number of aryl methyl sites for hydroxylation is 1. The molecule has 228 valence electrons. The molecule has 2 aromatic carbocycles. The third-order valence-corrected chi connectivity index (χ3v) is 8.17. The fourth-order valence-electron chi connectivity index (χ4n) is 4.57. The molecule has 1 fully saturated rings. The van der Waals surface area contributed by atoms with Crippen molar-refractivity contribution in [1.29, 1.82) is 0 Å². The van der Waals surface area contributed by atoms with E-state index in [0.29, 0.717) is 16.4 Å². The Morgan fingerprint density at radius 2 is 1.70 bits per heavy atom. The molecule has 9 nitrogen and oxygen atoms in total. The number of aliphatic carboxylic acids is 1. The Bertz CT molecular complexity index is 1750. The van der Waals surface area contributed by atoms with E-state index in [1.54, 1.807) is 12.3 Å². The average molecular weight is 636 g/mol. The molecule has 1 saturated heterocycles. The molecule has 3 N–H and O–H groups in total. The lowest BCUT2D eigenvalue weighted by atomic mass is 9.97. The molecule has 0 aliphatic carbocycles. The first kappa shape index (κ1) is 31.9. The van der Waals surface area contributed by atoms with E-state index in [4.69, 9.17) is 21.5 Å². The molecule has 43 heavy (non-hydrogen) atoms. The van der Waals surface area contributed by atoms with Crippen molar-refractivity contribution in [2.75, 3.05) is 42.8 Å². The zero-order valence-electron chi connectivity index (χ0n) is 23.2. The van der Waals surface area contributed by atoms with Crippen LogP contribution in [0.1, 0.15) is 5.56 Å². The van der Waals surface area contributed by atoms with Crippen LogP contribution in [-0.4, -0.2) is 73.8 Å². The fourth-order valence-corrected chi connectivity index (χ4v) is 5.42. The Balaban J connectivity index is 0.000000541. The van der Waals surface area contributed by atoms with Crippen LogP contribution < -0.4 is 9.62 Å². The number of aromatic nitrogens is 2. The quantitative estimate of drug-likeness (QED) is 0.233. The summed E-state index contributed by atoms with van der Waals surface area (Å²) in [6.45, 7) is 9.34. The number of likely N-dealkylation sites (N-methyl/N-ethyl adjacent to an activating group) is 1. The summed E-state index contributed by atoms with van der Waals surface area (Å²) in [5, 5.41) is 9.39. The monoisotopic (exact) mass is 635 g/mol. The molecule has 1 aliphatic rings. The van der Waals surface area contributed by atoms with Gasteiger partial charge < -0.3 is 19.9 Å². The molecule has 0 spiro atoms. The number of benzene rings is 2. The van der Waals surface area contributed by atoms with Crippen LogP contribution in [0.5, 0.6) is 0 Å². The highest BCUT2D eigenvalue weighted by atomic mass is 35.5. The van der Waals surface area contributed by atoms with Gasteiger partial charge >= 0.3 is 12.1 Å². The molecule has 3 heterocycles. The first-order valence-corrected chi connectivity index (χ1v) is 14.9. The minimum absolute atomic E-state index is 0.484. The highest BCUT2D eigenvalue weighted by Gasteiger charge is 2.38. The molecular weight excluding hydrogens is 607 g/mol. The van der Waals surface area contributed by atoms with Crippen molar-refractivity contribution < 1.29 is 31.5 Å². The number of aromatic amines is 1. The van der Waals surface area contributed by atoms with Crippen LogP contribution in [0.2, 0.25) is 5.02 Å². The number of nitrogens with one attached hydrogen (secondary N) is 2. The molecule has 4 aromatic rings. The van der Waals surface area contributed by atoms with E-state index in [2.05, 4.69) is 62.4 Å². The van der Waals surface area contributed by atoms with E-state index in [9.17, 15) is 21.6 Å². The summed E-state index contributed by atoms with van der Waals surface area (Å²) < 4.78 is 58.7. The van der Waals surface area contributed by atoms with E-state index < -0.39 is 22.2 Å². The number of carbonyl (C=O) groups is 1. The molecule has 0 radical (unpaired) electrons. The molecule has 2 aromatic heterocycles. The van der Waals surface area contributed by atoms with Crippen molar-refractivity contribution >= 4 is 50.0 Å². The van der Waals surface area contributed by atoms with Crippen molar-refractivity contribution in [2.45, 2.75) is 13.1 Å². The van der Waals surface area contributed by atoms with Gasteiger partial charge in [-0.3, -0.25) is 4.72 Å². The van der Waals surface area contributed by atoms with Crippen molar-refractivity contribution in [1.82, 2.24) is 14.9 Å². The maximum Gasteiger partial charge on any atom is 0.490 e. The van der Waals surface area contributed by atoms with Gasteiger partial charge in [-0.1, -0.05) is 42.4 Å². The van der Waals surface area contributed by atoms with Crippen LogP contribution in [0.25, 0.3) is 33.4 Å². The van der Waals surface area contributed by atoms with E-state index in [1.165, 1.54) is 5.69 Å². The van der Waals surface area contributed by atoms with Gasteiger partial charge in [0.05, 0.1) is 16.4 Å². The second-order valence-corrected chi connectivity index (χ2v) is 11.9. The first-order valence-electron chi connectivity index (χ1n) is 13.0. The second-order valence-electron chi connectivity index (χ2n) is 9.87. The normalized spacial score (nSPS) is 14.2. The number of rotatable bonds is 6. The number of carboxylic acids is 1. The number of pyridine rings is 1. The van der Waals surface area contributed by atoms with Gasteiger partial charge in [0, 0.05) is 54.4 Å². The fraction of sp³-hybridized carbons (Fsp3) is 0.241. The van der Waals surface area contributed by atoms with E-state index in [0.717, 1.165) is 64.9 Å². The number of sulfonamides is 1. The Hall–Kier alpha value is -4.07. The molecule has 0 bridgehead atoms. The van der Waals surface area contributed by atoms with Gasteiger partial charge in [0.15, 0.2) is 0 Å². The van der Waals surface area contributed by atoms with Gasteiger partial charge in [0.1, 0.15) is 5.65 Å². The Kier molecular flexibility index (Phi) is 9.38. The molecular formula is C29H29ClF3N5O4S. The van der Waals surface area contributed by atoms with Crippen LogP contribution in [0.15, 0.2) is 66.7 Å². The Morgan fingerprint density at radius 1 is 1.09 bits per heavy atom. The largest absolute Gasteiger partial charge is 0.490 e. The predicted molar refractivity (Wildman–Crippen MR) is 163 cm³/mol. The number of carboxylic acid groups (broad SMARTS) is 1. The lowest BCUT2D eigenvalue weighted by molar-refractivity contribution is -0.192. The standard InChI is InChI=1S/C27H28ClN5O2S.C2HF3O2/c1-4-36(34,35)31-23-17-20(6-5-18(23)2)24-25-22(28)11-12-29-27(25)30-26(24)19-7-9-21(10-8-19)33-15-13-32(3)14-16-33;3-2(4,5)1(6)7/h4-12,17,31H,1,13-16H2,2-3H3,(H,29,30);(H,6,7). The molecule has 0 saturated carbocycles. The third kappa shape index (κ3) is 7.48. The molecule has 14 heteroatoms. The van der Waals surface area contributed by atoms with Crippen LogP contribution in [0.3, 0.4) is 0 Å². The van der Waals surface area contributed by atoms with Gasteiger partial charge in [-0.25, -0.2) is 18.2 Å². The average Bonchev–Trinajstić information content (AvgIpc) is 3.35. The lowest BCUT2D eigenvalue weighted by Crippen LogP contribution is -2.44. The number of halogens is 4. The van der Waals surface area contributed by atoms with E-state index in [1.807, 2.05) is 25.1 Å². The van der Waals surface area contributed by atoms with Gasteiger partial charge in [0.25, 0.3) is 10.0 Å². The number of alkyl halides is 3. The number of hydrogen-bond donors (Lipinski definition) is 3. The van der Waals surface area contributed by atoms with Crippen molar-refractivity contribution in [2.24, 2.45) is 0 Å². The summed E-state index contributed by atoms with van der Waals surface area (Å²) in [6.07, 6.45) is -3.41. The minimum atomic E-state index is -5.08. The van der Waals surface area contributed by atoms with Crippen LogP contribution >= 0.6 is 11.6 Å². The predicted octanol–water partition coefficient (Wildman–Crippen LogP) is 6.13. The van der Waals surface area contributed by atoms with E-state index >= 15 is 0 Å². The Labute approximate surface area is 251 Å². The van der Waals surface area contributed by atoms with Crippen LogP contribution in [0, 0.1) is 6.92 Å². The topological polar surface area (TPSA) is 119 Å². The van der Waals surface area contributed by atoms with Crippen LogP contribution in [0.4, 0.5) is 24.5 Å². The number of nitrogens with zero attached hydrogens (tertiary/aromatic N) is 3. The summed E-state index contributed by atoms with van der Waals surface area (Å²) in [7, 11) is -1.50. The van der Waals surface area contributed by atoms with Crippen molar-refractivity contribution in [3.8, 4) is 22.4 Å². The number of H-pyrrole nitrogens is 1. The van der Waals surface area contributed by atoms with Gasteiger partial charge in [0.2, 0.25) is 0 Å². The summed E-state index contributed by atoms with van der Waals surface area (Å²) in [5.41, 5.74) is 6.70. The Morgan fingerprint density at radius 3 is 2.28 bits per heavy atom. The van der Waals surface area contributed by atoms with Crippen molar-refractivity contribution in [3.63, 3.8) is 0 Å². The van der Waals surface area contributed by atoms with Gasteiger partial charge in [-0.2, -0.15) is 13.2 Å². The second kappa shape index (κ2) is 12.7. The summed E-state index contributed by atoms with van der Waals surface area (Å²) in [4.78, 5) is 21.6. The summed E-state index contributed by atoms with van der Waals surface area (Å²) in [5.74, 6) is -2.76. The highest BCUT2D eigenvalue weighted by molar-refractivity contribution is 7.95. The van der Waals surface area contributed by atoms with Gasteiger partial charge in [-0.05, 0) is 54.9 Å². The zero-order valence-corrected chi connectivity index (χ0v) is 24.8. The SMILES string of the molecule is C=CS(=O)(=O)Nc1cc(-c2c(-c3ccc(N4CCN(C)CC4)cc3)[nH]c3nccc(Cl)c23)ccc1C.O=C(O)C(F)(F)F. The number of piperazine rings is 1. The van der Waals surface area contributed by atoms with Crippen molar-refractivity contribution in [3.05, 3.63) is 77.3 Å². The van der Waals surface area contributed by atoms with Crippen LogP contribution in [-0.2, 0) is 14.8 Å². The maximum atomic E-state index is 12.2. The molecule has 1 aliphatic heterocycles. The zero-order chi connectivity index (χ0) is 31.5. The molecule has 0 unspecified atom stereocenters. The molecule has 0 atom stereocenters. The summed E-state index contributed by atoms with van der Waals surface area (Å²) >= 11 is 6.66. The number of anilines is 2. The third-order valence-electron chi connectivity index (χ3n) is 6.91.